The Morgan fingerprint density at radius 2 is 1.74 bits per heavy atom. The summed E-state index contributed by atoms with van der Waals surface area (Å²) in [5.41, 5.74) is 8.20. The molecule has 0 radical (unpaired) electrons. The predicted molar refractivity (Wildman–Crippen MR) is 76.0 cm³/mol. The van der Waals surface area contributed by atoms with Gasteiger partial charge in [0, 0.05) is 15.6 Å². The van der Waals surface area contributed by atoms with Crippen molar-refractivity contribution in [3.05, 3.63) is 68.7 Å². The van der Waals surface area contributed by atoms with Gasteiger partial charge < -0.3 is 5.73 Å². The molecule has 0 bridgehead atoms. The maximum Gasteiger partial charge on any atom is 0.129 e. The van der Waals surface area contributed by atoms with Gasteiger partial charge in [-0.1, -0.05) is 28.1 Å². The second kappa shape index (κ2) is 5.39. The fourth-order valence-corrected chi connectivity index (χ4v) is 2.56. The third-order valence-electron chi connectivity index (χ3n) is 3.09. The fraction of sp³-hybridized carbons (Fsp3) is 0.200. The summed E-state index contributed by atoms with van der Waals surface area (Å²) in [5, 5.41) is 0. The summed E-state index contributed by atoms with van der Waals surface area (Å²) in [4.78, 5) is 0. The van der Waals surface area contributed by atoms with Gasteiger partial charge >= 0.3 is 0 Å². The Bertz CT molecular complexity index is 603. The molecule has 4 heteroatoms. The number of rotatable bonds is 2. The summed E-state index contributed by atoms with van der Waals surface area (Å²) in [5.74, 6) is -0.839. The lowest BCUT2D eigenvalue weighted by molar-refractivity contribution is 0.573. The van der Waals surface area contributed by atoms with E-state index in [1.807, 2.05) is 13.0 Å². The zero-order valence-electron chi connectivity index (χ0n) is 10.7. The Morgan fingerprint density at radius 1 is 1.05 bits per heavy atom. The molecule has 0 aliphatic heterocycles. The minimum Gasteiger partial charge on any atom is -0.320 e. The largest absolute Gasteiger partial charge is 0.320 e. The van der Waals surface area contributed by atoms with Gasteiger partial charge in [-0.2, -0.15) is 0 Å². The van der Waals surface area contributed by atoms with Crippen molar-refractivity contribution < 1.29 is 8.78 Å². The lowest BCUT2D eigenvalue weighted by Crippen LogP contribution is -2.17. The molecule has 1 unspecified atom stereocenters. The highest BCUT2D eigenvalue weighted by atomic mass is 79.9. The number of benzene rings is 2. The molecule has 1 nitrogen and oxygen atoms in total. The first kappa shape index (κ1) is 14.2. The molecule has 0 amide bonds. The second-order valence-electron chi connectivity index (χ2n) is 4.62. The zero-order valence-corrected chi connectivity index (χ0v) is 12.3. The minimum atomic E-state index is -0.811. The van der Waals surface area contributed by atoms with Crippen molar-refractivity contribution in [3.8, 4) is 0 Å². The van der Waals surface area contributed by atoms with E-state index in [1.54, 1.807) is 19.1 Å². The van der Waals surface area contributed by atoms with Crippen molar-refractivity contribution in [3.63, 3.8) is 0 Å². The molecule has 0 aliphatic carbocycles. The standard InChI is InChI=1S/C15H14BrF2N/c1-8-5-9(2)14(13(18)6-8)15(19)11-4-3-10(16)7-12(11)17/h3-7,15H,19H2,1-2H3. The summed E-state index contributed by atoms with van der Waals surface area (Å²) >= 11 is 3.19. The predicted octanol–water partition coefficient (Wildman–Crippen LogP) is 4.39. The summed E-state index contributed by atoms with van der Waals surface area (Å²) in [7, 11) is 0. The monoisotopic (exact) mass is 325 g/mol. The molecule has 2 aromatic rings. The highest BCUT2D eigenvalue weighted by Gasteiger charge is 2.19. The molecule has 0 saturated carbocycles. The van der Waals surface area contributed by atoms with E-state index < -0.39 is 17.7 Å². The maximum atomic E-state index is 14.0. The quantitative estimate of drug-likeness (QED) is 0.870. The number of hydrogen-bond donors (Lipinski definition) is 1. The van der Waals surface area contributed by atoms with E-state index in [0.717, 1.165) is 11.1 Å². The van der Waals surface area contributed by atoms with Crippen LogP contribution in [0.2, 0.25) is 0 Å². The van der Waals surface area contributed by atoms with Crippen LogP contribution < -0.4 is 5.73 Å². The SMILES string of the molecule is Cc1cc(C)c(C(N)c2ccc(Br)cc2F)c(F)c1. The van der Waals surface area contributed by atoms with Crippen LogP contribution in [-0.2, 0) is 0 Å². The van der Waals surface area contributed by atoms with E-state index in [4.69, 9.17) is 5.73 Å². The van der Waals surface area contributed by atoms with Gasteiger partial charge in [0.2, 0.25) is 0 Å². The van der Waals surface area contributed by atoms with Crippen LogP contribution in [0.1, 0.15) is 28.3 Å². The average Bonchev–Trinajstić information content (AvgIpc) is 2.26. The van der Waals surface area contributed by atoms with Crippen LogP contribution in [-0.4, -0.2) is 0 Å². The summed E-state index contributed by atoms with van der Waals surface area (Å²) < 4.78 is 28.6. The van der Waals surface area contributed by atoms with Crippen LogP contribution in [0.3, 0.4) is 0 Å². The van der Waals surface area contributed by atoms with E-state index in [0.29, 0.717) is 10.0 Å². The molecule has 0 spiro atoms. The first-order chi connectivity index (χ1) is 8.90. The van der Waals surface area contributed by atoms with E-state index in [9.17, 15) is 8.78 Å². The Kier molecular flexibility index (Phi) is 4.02. The van der Waals surface area contributed by atoms with Gasteiger partial charge in [0.15, 0.2) is 0 Å². The summed E-state index contributed by atoms with van der Waals surface area (Å²) in [6, 6.07) is 7.04. The smallest absolute Gasteiger partial charge is 0.129 e. The van der Waals surface area contributed by atoms with Crippen molar-refractivity contribution in [2.24, 2.45) is 5.73 Å². The zero-order chi connectivity index (χ0) is 14.2. The molecule has 2 aromatic carbocycles. The summed E-state index contributed by atoms with van der Waals surface area (Å²) in [6.07, 6.45) is 0. The van der Waals surface area contributed by atoms with Crippen molar-refractivity contribution in [2.75, 3.05) is 0 Å². The Morgan fingerprint density at radius 3 is 2.32 bits per heavy atom. The van der Waals surface area contributed by atoms with Gasteiger partial charge in [-0.3, -0.25) is 0 Å². The van der Waals surface area contributed by atoms with Crippen LogP contribution >= 0.6 is 15.9 Å². The molecule has 0 aliphatic rings. The topological polar surface area (TPSA) is 26.0 Å². The highest BCUT2D eigenvalue weighted by Crippen LogP contribution is 2.29. The van der Waals surface area contributed by atoms with Crippen LogP contribution in [0.25, 0.3) is 0 Å². The molecular formula is C15H14BrF2N. The van der Waals surface area contributed by atoms with Crippen LogP contribution in [0.15, 0.2) is 34.8 Å². The van der Waals surface area contributed by atoms with Gasteiger partial charge in [-0.05, 0) is 43.2 Å². The third-order valence-corrected chi connectivity index (χ3v) is 3.58. The normalized spacial score (nSPS) is 12.5. The number of hydrogen-bond acceptors (Lipinski definition) is 1. The van der Waals surface area contributed by atoms with Crippen LogP contribution in [0, 0.1) is 25.5 Å². The third kappa shape index (κ3) is 2.85. The molecule has 0 aromatic heterocycles. The first-order valence-corrected chi connectivity index (χ1v) is 6.66. The van der Waals surface area contributed by atoms with Crippen LogP contribution in [0.4, 0.5) is 8.78 Å². The molecule has 2 N–H and O–H groups in total. The Balaban J connectivity index is 2.53. The van der Waals surface area contributed by atoms with Gasteiger partial charge in [0.05, 0.1) is 6.04 Å². The maximum absolute atomic E-state index is 14.0. The molecule has 100 valence electrons. The van der Waals surface area contributed by atoms with Gasteiger partial charge in [0.25, 0.3) is 0 Å². The van der Waals surface area contributed by atoms with Crippen molar-refractivity contribution in [1.29, 1.82) is 0 Å². The lowest BCUT2D eigenvalue weighted by atomic mass is 9.93. The molecule has 0 heterocycles. The lowest BCUT2D eigenvalue weighted by Gasteiger charge is -2.17. The molecule has 1 atom stereocenters. The number of halogens is 3. The molecule has 0 saturated heterocycles. The highest BCUT2D eigenvalue weighted by molar-refractivity contribution is 9.10. The summed E-state index contributed by atoms with van der Waals surface area (Å²) in [6.45, 7) is 3.59. The van der Waals surface area contributed by atoms with Gasteiger partial charge in [0.1, 0.15) is 11.6 Å². The molecule has 2 rings (SSSR count). The second-order valence-corrected chi connectivity index (χ2v) is 5.54. The van der Waals surface area contributed by atoms with Crippen molar-refractivity contribution in [1.82, 2.24) is 0 Å². The fourth-order valence-electron chi connectivity index (χ4n) is 2.23. The first-order valence-electron chi connectivity index (χ1n) is 5.87. The molecule has 0 fully saturated rings. The average molecular weight is 326 g/mol. The van der Waals surface area contributed by atoms with E-state index >= 15 is 0 Å². The Hall–Kier alpha value is -1.26. The van der Waals surface area contributed by atoms with E-state index in [-0.39, 0.29) is 5.56 Å². The molecular weight excluding hydrogens is 312 g/mol. The van der Waals surface area contributed by atoms with Gasteiger partial charge in [-0.25, -0.2) is 8.78 Å². The van der Waals surface area contributed by atoms with Crippen molar-refractivity contribution in [2.45, 2.75) is 19.9 Å². The van der Waals surface area contributed by atoms with Crippen LogP contribution in [0.5, 0.6) is 0 Å². The van der Waals surface area contributed by atoms with E-state index in [1.165, 1.54) is 12.1 Å². The number of nitrogens with two attached hydrogens (primary N) is 1. The number of aryl methyl sites for hydroxylation is 2. The minimum absolute atomic E-state index is 0.286. The van der Waals surface area contributed by atoms with Gasteiger partial charge in [-0.15, -0.1) is 0 Å². The van der Waals surface area contributed by atoms with E-state index in [2.05, 4.69) is 15.9 Å². The molecule has 19 heavy (non-hydrogen) atoms. The van der Waals surface area contributed by atoms with Crippen molar-refractivity contribution >= 4 is 15.9 Å². The Labute approximate surface area is 119 Å².